The van der Waals surface area contributed by atoms with Crippen LogP contribution in [0.5, 0.6) is 0 Å². The Hall–Kier alpha value is -1.61. The fourth-order valence-electron chi connectivity index (χ4n) is 2.71. The molecule has 1 aromatic carbocycles. The summed E-state index contributed by atoms with van der Waals surface area (Å²) in [6.45, 7) is 1.57. The summed E-state index contributed by atoms with van der Waals surface area (Å²) in [5, 5.41) is 4.47. The van der Waals surface area contributed by atoms with E-state index in [9.17, 15) is 0 Å². The molecule has 1 aromatic heterocycles. The minimum atomic E-state index is 0.217. The number of aromatic nitrogens is 2. The molecule has 0 bridgehead atoms. The highest BCUT2D eigenvalue weighted by Crippen LogP contribution is 2.42. The van der Waals surface area contributed by atoms with Gasteiger partial charge in [0.2, 0.25) is 0 Å². The van der Waals surface area contributed by atoms with Gasteiger partial charge in [-0.1, -0.05) is 36.8 Å². The minimum absolute atomic E-state index is 0.217. The van der Waals surface area contributed by atoms with Crippen molar-refractivity contribution in [2.45, 2.75) is 31.2 Å². The van der Waals surface area contributed by atoms with Crippen LogP contribution in [-0.4, -0.2) is 16.3 Å². The highest BCUT2D eigenvalue weighted by molar-refractivity contribution is 5.24. The predicted molar refractivity (Wildman–Crippen MR) is 72.4 cm³/mol. The van der Waals surface area contributed by atoms with Crippen molar-refractivity contribution < 1.29 is 0 Å². The maximum absolute atomic E-state index is 5.93. The predicted octanol–water partition coefficient (Wildman–Crippen LogP) is 2.31. The number of hydrogen-bond donors (Lipinski definition) is 1. The van der Waals surface area contributed by atoms with Gasteiger partial charge in [0, 0.05) is 18.2 Å². The average molecular weight is 241 g/mol. The second-order valence-electron chi connectivity index (χ2n) is 5.25. The van der Waals surface area contributed by atoms with Crippen LogP contribution in [0.25, 0.3) is 0 Å². The van der Waals surface area contributed by atoms with Crippen molar-refractivity contribution >= 4 is 0 Å². The van der Waals surface area contributed by atoms with Gasteiger partial charge >= 0.3 is 0 Å². The van der Waals surface area contributed by atoms with Gasteiger partial charge in [-0.15, -0.1) is 0 Å². The minimum Gasteiger partial charge on any atom is -0.330 e. The van der Waals surface area contributed by atoms with E-state index in [2.05, 4.69) is 35.6 Å². The van der Waals surface area contributed by atoms with Gasteiger partial charge < -0.3 is 5.73 Å². The summed E-state index contributed by atoms with van der Waals surface area (Å²) in [6, 6.07) is 10.4. The van der Waals surface area contributed by atoms with E-state index in [1.807, 2.05) is 16.9 Å². The van der Waals surface area contributed by atoms with Crippen LogP contribution in [0.2, 0.25) is 0 Å². The van der Waals surface area contributed by atoms with E-state index in [0.29, 0.717) is 0 Å². The molecule has 1 fully saturated rings. The summed E-state index contributed by atoms with van der Waals surface area (Å²) in [5.74, 6) is 0. The SMILES string of the molecule is NCC1(c2cnn(Cc3ccccc3)c2)CCC1. The molecule has 18 heavy (non-hydrogen) atoms. The number of nitrogens with two attached hydrogens (primary N) is 1. The molecule has 3 rings (SSSR count). The molecule has 0 saturated heterocycles. The zero-order valence-electron chi connectivity index (χ0n) is 10.5. The Morgan fingerprint density at radius 3 is 2.61 bits per heavy atom. The molecular weight excluding hydrogens is 222 g/mol. The van der Waals surface area contributed by atoms with Crippen LogP contribution in [-0.2, 0) is 12.0 Å². The van der Waals surface area contributed by atoms with Gasteiger partial charge in [0.25, 0.3) is 0 Å². The van der Waals surface area contributed by atoms with Crippen molar-refractivity contribution in [3.05, 3.63) is 53.9 Å². The van der Waals surface area contributed by atoms with Crippen LogP contribution >= 0.6 is 0 Å². The molecule has 0 unspecified atom stereocenters. The summed E-state index contributed by atoms with van der Waals surface area (Å²) >= 11 is 0. The average Bonchev–Trinajstić information content (AvgIpc) is 2.79. The Labute approximate surface area is 108 Å². The Kier molecular flexibility index (Phi) is 2.92. The number of benzene rings is 1. The van der Waals surface area contributed by atoms with Gasteiger partial charge in [-0.3, -0.25) is 4.68 Å². The highest BCUT2D eigenvalue weighted by atomic mass is 15.3. The normalized spacial score (nSPS) is 17.4. The number of rotatable bonds is 4. The summed E-state index contributed by atoms with van der Waals surface area (Å²) in [5.41, 5.74) is 8.74. The van der Waals surface area contributed by atoms with Crippen molar-refractivity contribution in [2.24, 2.45) is 5.73 Å². The van der Waals surface area contributed by atoms with Crippen LogP contribution in [0.15, 0.2) is 42.7 Å². The van der Waals surface area contributed by atoms with E-state index >= 15 is 0 Å². The number of hydrogen-bond acceptors (Lipinski definition) is 2. The first-order chi connectivity index (χ1) is 8.82. The summed E-state index contributed by atoms with van der Waals surface area (Å²) in [7, 11) is 0. The fourth-order valence-corrected chi connectivity index (χ4v) is 2.71. The Balaban J connectivity index is 1.78. The lowest BCUT2D eigenvalue weighted by Gasteiger charge is -2.40. The van der Waals surface area contributed by atoms with Crippen molar-refractivity contribution in [3.8, 4) is 0 Å². The molecule has 1 aliphatic carbocycles. The van der Waals surface area contributed by atoms with Crippen LogP contribution in [0, 0.1) is 0 Å². The van der Waals surface area contributed by atoms with Gasteiger partial charge in [-0.2, -0.15) is 5.10 Å². The first-order valence-electron chi connectivity index (χ1n) is 6.59. The van der Waals surface area contributed by atoms with Gasteiger partial charge in [0.15, 0.2) is 0 Å². The molecule has 0 spiro atoms. The van der Waals surface area contributed by atoms with Gasteiger partial charge in [0.1, 0.15) is 0 Å². The highest BCUT2D eigenvalue weighted by Gasteiger charge is 2.38. The van der Waals surface area contributed by atoms with Crippen molar-refractivity contribution in [1.82, 2.24) is 9.78 Å². The Morgan fingerprint density at radius 2 is 2.00 bits per heavy atom. The molecule has 3 nitrogen and oxygen atoms in total. The molecule has 1 saturated carbocycles. The third-order valence-corrected chi connectivity index (χ3v) is 4.13. The molecule has 2 N–H and O–H groups in total. The van der Waals surface area contributed by atoms with E-state index < -0.39 is 0 Å². The largest absolute Gasteiger partial charge is 0.330 e. The smallest absolute Gasteiger partial charge is 0.0659 e. The molecule has 94 valence electrons. The Bertz CT molecular complexity index is 506. The zero-order valence-corrected chi connectivity index (χ0v) is 10.5. The monoisotopic (exact) mass is 241 g/mol. The Morgan fingerprint density at radius 1 is 1.22 bits per heavy atom. The topological polar surface area (TPSA) is 43.8 Å². The van der Waals surface area contributed by atoms with E-state index in [4.69, 9.17) is 5.73 Å². The van der Waals surface area contributed by atoms with Crippen molar-refractivity contribution in [1.29, 1.82) is 0 Å². The molecule has 2 aromatic rings. The first-order valence-corrected chi connectivity index (χ1v) is 6.59. The van der Waals surface area contributed by atoms with Crippen LogP contribution in [0.4, 0.5) is 0 Å². The van der Waals surface area contributed by atoms with E-state index in [1.165, 1.54) is 30.4 Å². The van der Waals surface area contributed by atoms with Crippen molar-refractivity contribution in [3.63, 3.8) is 0 Å². The van der Waals surface area contributed by atoms with Gasteiger partial charge in [-0.05, 0) is 24.0 Å². The molecule has 1 aliphatic rings. The zero-order chi connectivity index (χ0) is 12.4. The number of nitrogens with zero attached hydrogens (tertiary/aromatic N) is 2. The summed E-state index contributed by atoms with van der Waals surface area (Å²) in [6.07, 6.45) is 7.87. The fraction of sp³-hybridized carbons (Fsp3) is 0.400. The molecule has 3 heteroatoms. The lowest BCUT2D eigenvalue weighted by Crippen LogP contribution is -2.41. The van der Waals surface area contributed by atoms with Gasteiger partial charge in [-0.25, -0.2) is 0 Å². The molecule has 0 radical (unpaired) electrons. The van der Waals surface area contributed by atoms with E-state index in [0.717, 1.165) is 13.1 Å². The van der Waals surface area contributed by atoms with Crippen LogP contribution in [0.1, 0.15) is 30.4 Å². The van der Waals surface area contributed by atoms with E-state index in [1.54, 1.807) is 0 Å². The van der Waals surface area contributed by atoms with Crippen LogP contribution < -0.4 is 5.73 Å². The van der Waals surface area contributed by atoms with Crippen LogP contribution in [0.3, 0.4) is 0 Å². The van der Waals surface area contributed by atoms with Crippen molar-refractivity contribution in [2.75, 3.05) is 6.54 Å². The second-order valence-corrected chi connectivity index (χ2v) is 5.25. The van der Waals surface area contributed by atoms with Gasteiger partial charge in [0.05, 0.1) is 12.7 Å². The third-order valence-electron chi connectivity index (χ3n) is 4.13. The lowest BCUT2D eigenvalue weighted by molar-refractivity contribution is 0.253. The standard InChI is InChI=1S/C15H19N3/c16-12-15(7-4-8-15)14-9-17-18(11-14)10-13-5-2-1-3-6-13/h1-3,5-6,9,11H,4,7-8,10,12,16H2. The molecule has 0 amide bonds. The van der Waals surface area contributed by atoms with E-state index in [-0.39, 0.29) is 5.41 Å². The molecular formula is C15H19N3. The molecule has 0 atom stereocenters. The maximum atomic E-state index is 5.93. The first kappa shape index (κ1) is 11.5. The summed E-state index contributed by atoms with van der Waals surface area (Å²) < 4.78 is 2.01. The quantitative estimate of drug-likeness (QED) is 0.892. The third kappa shape index (κ3) is 1.95. The summed E-state index contributed by atoms with van der Waals surface area (Å²) in [4.78, 5) is 0. The molecule has 1 heterocycles. The molecule has 0 aliphatic heterocycles. The second kappa shape index (κ2) is 4.58. The maximum Gasteiger partial charge on any atom is 0.0659 e. The lowest BCUT2D eigenvalue weighted by atomic mass is 9.65.